The predicted octanol–water partition coefficient (Wildman–Crippen LogP) is 2.54. The van der Waals surface area contributed by atoms with Crippen LogP contribution in [0.3, 0.4) is 0 Å². The van der Waals surface area contributed by atoms with Crippen LogP contribution < -0.4 is 5.32 Å². The molecule has 14 heavy (non-hydrogen) atoms. The Morgan fingerprint density at radius 3 is 2.29 bits per heavy atom. The molecular weight excluding hydrogens is 191 g/mol. The van der Waals surface area contributed by atoms with Gasteiger partial charge >= 0.3 is 0 Å². The van der Waals surface area contributed by atoms with E-state index in [1.807, 2.05) is 0 Å². The molecule has 0 aromatic heterocycles. The summed E-state index contributed by atoms with van der Waals surface area (Å²) in [5, 5.41) is 2.67. The zero-order chi connectivity index (χ0) is 10.6. The van der Waals surface area contributed by atoms with Gasteiger partial charge in [-0.25, -0.2) is 13.2 Å². The molecule has 0 atom stereocenters. The Morgan fingerprint density at radius 1 is 1.21 bits per heavy atom. The minimum Gasteiger partial charge on any atom is -0.384 e. The van der Waals surface area contributed by atoms with E-state index in [9.17, 15) is 13.2 Å². The number of anilines is 1. The van der Waals surface area contributed by atoms with Crippen molar-refractivity contribution in [3.05, 3.63) is 29.6 Å². The van der Waals surface area contributed by atoms with Gasteiger partial charge in [0.15, 0.2) is 17.5 Å². The molecule has 0 radical (unpaired) electrons. The van der Waals surface area contributed by atoms with Crippen molar-refractivity contribution >= 4 is 5.69 Å². The summed E-state index contributed by atoms with van der Waals surface area (Å²) < 4.78 is 37.8. The van der Waals surface area contributed by atoms with Crippen LogP contribution in [0.5, 0.6) is 0 Å². The number of hydrogen-bond donors (Lipinski definition) is 1. The van der Waals surface area contributed by atoms with Crippen LogP contribution in [0.4, 0.5) is 18.9 Å². The maximum Gasteiger partial charge on any atom is 0.194 e. The molecule has 0 aliphatic rings. The summed E-state index contributed by atoms with van der Waals surface area (Å²) in [6, 6.07) is 1.77. The van der Waals surface area contributed by atoms with Gasteiger partial charge in [0.2, 0.25) is 0 Å². The van der Waals surface area contributed by atoms with Gasteiger partial charge in [-0.3, -0.25) is 0 Å². The average Bonchev–Trinajstić information content (AvgIpc) is 2.14. The largest absolute Gasteiger partial charge is 0.384 e. The molecule has 0 aliphatic carbocycles. The fourth-order valence-electron chi connectivity index (χ4n) is 0.937. The van der Waals surface area contributed by atoms with E-state index in [-0.39, 0.29) is 5.69 Å². The third-order valence-electron chi connectivity index (χ3n) is 1.58. The second-order valence-electron chi connectivity index (χ2n) is 2.63. The monoisotopic (exact) mass is 199 g/mol. The van der Waals surface area contributed by atoms with Gasteiger partial charge in [0.1, 0.15) is 0 Å². The van der Waals surface area contributed by atoms with Gasteiger partial charge in [0.05, 0.1) is 0 Å². The lowest BCUT2D eigenvalue weighted by atomic mass is 10.3. The van der Waals surface area contributed by atoms with Crippen molar-refractivity contribution in [3.8, 4) is 12.3 Å². The number of rotatable bonds is 3. The normalized spacial score (nSPS) is 9.57. The summed E-state index contributed by atoms with van der Waals surface area (Å²) in [7, 11) is 0. The maximum absolute atomic E-state index is 12.7. The molecule has 0 unspecified atom stereocenters. The molecule has 1 nitrogen and oxygen atoms in total. The summed E-state index contributed by atoms with van der Waals surface area (Å²) in [6.45, 7) is 0.390. The van der Waals surface area contributed by atoms with Crippen LogP contribution in [0.15, 0.2) is 12.1 Å². The summed E-state index contributed by atoms with van der Waals surface area (Å²) in [5.74, 6) is -1.54. The van der Waals surface area contributed by atoms with Gasteiger partial charge in [-0.05, 0) is 0 Å². The standard InChI is InChI=1S/C10H8F3N/c1-2-3-4-14-7-5-8(11)10(13)9(12)6-7/h1,5-6,14H,3-4H2. The quantitative estimate of drug-likeness (QED) is 0.448. The molecule has 0 aliphatic heterocycles. The van der Waals surface area contributed by atoms with Crippen LogP contribution >= 0.6 is 0 Å². The molecule has 1 aromatic carbocycles. The lowest BCUT2D eigenvalue weighted by Crippen LogP contribution is -2.02. The molecular formula is C10H8F3N. The van der Waals surface area contributed by atoms with E-state index in [2.05, 4.69) is 11.2 Å². The first-order valence-electron chi connectivity index (χ1n) is 3.97. The minimum absolute atomic E-state index is 0.177. The highest BCUT2D eigenvalue weighted by molar-refractivity contribution is 5.44. The number of hydrogen-bond acceptors (Lipinski definition) is 1. The highest BCUT2D eigenvalue weighted by atomic mass is 19.2. The highest BCUT2D eigenvalue weighted by Crippen LogP contribution is 2.16. The Hall–Kier alpha value is -1.63. The number of terminal acetylenes is 1. The van der Waals surface area contributed by atoms with Crippen molar-refractivity contribution in [2.24, 2.45) is 0 Å². The van der Waals surface area contributed by atoms with Gasteiger partial charge in [0.25, 0.3) is 0 Å². The third kappa shape index (κ3) is 2.43. The Morgan fingerprint density at radius 2 is 1.79 bits per heavy atom. The molecule has 74 valence electrons. The van der Waals surface area contributed by atoms with E-state index in [4.69, 9.17) is 6.42 Å². The van der Waals surface area contributed by atoms with Gasteiger partial charge < -0.3 is 5.32 Å². The van der Waals surface area contributed by atoms with Crippen LogP contribution in [-0.2, 0) is 0 Å². The Balaban J connectivity index is 2.75. The number of nitrogens with one attached hydrogen (secondary N) is 1. The van der Waals surface area contributed by atoms with E-state index < -0.39 is 17.5 Å². The molecule has 1 rings (SSSR count). The van der Waals surface area contributed by atoms with Gasteiger partial charge in [-0.15, -0.1) is 12.3 Å². The lowest BCUT2D eigenvalue weighted by Gasteiger charge is -2.04. The SMILES string of the molecule is C#CCCNc1cc(F)c(F)c(F)c1. The van der Waals surface area contributed by atoms with Crippen LogP contribution in [-0.4, -0.2) is 6.54 Å². The fraction of sp³-hybridized carbons (Fsp3) is 0.200. The maximum atomic E-state index is 12.7. The molecule has 0 spiro atoms. The second kappa shape index (κ2) is 4.56. The van der Waals surface area contributed by atoms with Crippen molar-refractivity contribution in [2.75, 3.05) is 11.9 Å². The summed E-state index contributed by atoms with van der Waals surface area (Å²) in [5.41, 5.74) is 0.177. The minimum atomic E-state index is -1.47. The summed E-state index contributed by atoms with van der Waals surface area (Å²) >= 11 is 0. The Labute approximate surface area is 79.9 Å². The third-order valence-corrected chi connectivity index (χ3v) is 1.58. The second-order valence-corrected chi connectivity index (χ2v) is 2.63. The molecule has 0 bridgehead atoms. The average molecular weight is 199 g/mol. The number of halogens is 3. The van der Waals surface area contributed by atoms with Crippen molar-refractivity contribution < 1.29 is 13.2 Å². The molecule has 0 amide bonds. The highest BCUT2D eigenvalue weighted by Gasteiger charge is 2.09. The smallest absolute Gasteiger partial charge is 0.194 e. The lowest BCUT2D eigenvalue weighted by molar-refractivity contribution is 0.447. The number of benzene rings is 1. The van der Waals surface area contributed by atoms with Gasteiger partial charge in [0, 0.05) is 30.8 Å². The van der Waals surface area contributed by atoms with Crippen LogP contribution in [0, 0.1) is 29.8 Å². The zero-order valence-electron chi connectivity index (χ0n) is 7.28. The van der Waals surface area contributed by atoms with Gasteiger partial charge in [-0.1, -0.05) is 0 Å². The van der Waals surface area contributed by atoms with Crippen molar-refractivity contribution in [1.82, 2.24) is 0 Å². The predicted molar refractivity (Wildman–Crippen MR) is 48.3 cm³/mol. The fourth-order valence-corrected chi connectivity index (χ4v) is 0.937. The molecule has 1 N–H and O–H groups in total. The van der Waals surface area contributed by atoms with Crippen LogP contribution in [0.1, 0.15) is 6.42 Å². The Bertz CT molecular complexity index is 345. The molecule has 1 aromatic rings. The first-order chi connectivity index (χ1) is 6.65. The van der Waals surface area contributed by atoms with Crippen molar-refractivity contribution in [2.45, 2.75) is 6.42 Å². The van der Waals surface area contributed by atoms with Crippen molar-refractivity contribution in [1.29, 1.82) is 0 Å². The zero-order valence-corrected chi connectivity index (χ0v) is 7.28. The van der Waals surface area contributed by atoms with E-state index in [1.165, 1.54) is 0 Å². The molecule has 0 fully saturated rings. The molecule has 0 saturated heterocycles. The van der Waals surface area contributed by atoms with E-state index in [0.29, 0.717) is 13.0 Å². The first-order valence-corrected chi connectivity index (χ1v) is 3.97. The molecule has 0 heterocycles. The molecule has 4 heteroatoms. The first kappa shape index (κ1) is 10.5. The van der Waals surface area contributed by atoms with Crippen LogP contribution in [0.2, 0.25) is 0 Å². The Kier molecular flexibility index (Phi) is 3.41. The summed E-state index contributed by atoms with van der Waals surface area (Å²) in [6.07, 6.45) is 5.41. The summed E-state index contributed by atoms with van der Waals surface area (Å²) in [4.78, 5) is 0. The van der Waals surface area contributed by atoms with Gasteiger partial charge in [-0.2, -0.15) is 0 Å². The van der Waals surface area contributed by atoms with Crippen LogP contribution in [0.25, 0.3) is 0 Å². The van der Waals surface area contributed by atoms with E-state index >= 15 is 0 Å². The van der Waals surface area contributed by atoms with Crippen molar-refractivity contribution in [3.63, 3.8) is 0 Å². The van der Waals surface area contributed by atoms with E-state index in [1.54, 1.807) is 0 Å². The molecule has 0 saturated carbocycles. The van der Waals surface area contributed by atoms with E-state index in [0.717, 1.165) is 12.1 Å². The topological polar surface area (TPSA) is 12.0 Å².